The fraction of sp³-hybridized carbons (Fsp3) is 1.00. The summed E-state index contributed by atoms with van der Waals surface area (Å²) in [5.41, 5.74) is 0. The second-order valence-electron chi connectivity index (χ2n) is 4.43. The maximum atomic E-state index is 11.9. The van der Waals surface area contributed by atoms with Crippen LogP contribution in [0, 0.1) is 0 Å². The van der Waals surface area contributed by atoms with E-state index in [0.717, 1.165) is 12.8 Å². The molecule has 1 atom stereocenters. The molecule has 0 bridgehead atoms. The van der Waals surface area contributed by atoms with E-state index in [4.69, 9.17) is 0 Å². The van der Waals surface area contributed by atoms with Crippen LogP contribution in [0.15, 0.2) is 0 Å². The Morgan fingerprint density at radius 2 is 2.07 bits per heavy atom. The van der Waals surface area contributed by atoms with Crippen molar-refractivity contribution in [3.05, 3.63) is 0 Å². The van der Waals surface area contributed by atoms with E-state index in [2.05, 4.69) is 4.90 Å². The SMILES string of the molecule is CCCS(=O)(=O)N1CCCC(N(C)C)C1. The fourth-order valence-corrected chi connectivity index (χ4v) is 3.56. The molecule has 15 heavy (non-hydrogen) atoms. The Kier molecular flexibility index (Phi) is 4.55. The van der Waals surface area contributed by atoms with Crippen LogP contribution in [0.4, 0.5) is 0 Å². The van der Waals surface area contributed by atoms with Gasteiger partial charge in [-0.15, -0.1) is 0 Å². The molecule has 1 unspecified atom stereocenters. The molecular formula is C10H22N2O2S. The van der Waals surface area contributed by atoms with Gasteiger partial charge in [-0.3, -0.25) is 0 Å². The van der Waals surface area contributed by atoms with Gasteiger partial charge in [-0.1, -0.05) is 6.92 Å². The van der Waals surface area contributed by atoms with Gasteiger partial charge < -0.3 is 4.90 Å². The standard InChI is InChI=1S/C10H22N2O2S/c1-4-8-15(13,14)12-7-5-6-10(9-12)11(2)3/h10H,4-9H2,1-3H3. The number of rotatable bonds is 4. The molecule has 4 nitrogen and oxygen atoms in total. The molecular weight excluding hydrogens is 212 g/mol. The summed E-state index contributed by atoms with van der Waals surface area (Å²) in [6.45, 7) is 3.27. The van der Waals surface area contributed by atoms with Gasteiger partial charge in [-0.25, -0.2) is 12.7 Å². The predicted molar refractivity (Wildman–Crippen MR) is 62.4 cm³/mol. The molecule has 0 N–H and O–H groups in total. The van der Waals surface area contributed by atoms with E-state index in [-0.39, 0.29) is 5.75 Å². The Morgan fingerprint density at radius 3 is 2.60 bits per heavy atom. The fourth-order valence-electron chi connectivity index (χ4n) is 1.98. The van der Waals surface area contributed by atoms with Crippen molar-refractivity contribution in [1.82, 2.24) is 9.21 Å². The smallest absolute Gasteiger partial charge is 0.214 e. The lowest BCUT2D eigenvalue weighted by atomic mass is 10.1. The van der Waals surface area contributed by atoms with E-state index < -0.39 is 10.0 Å². The number of piperidine rings is 1. The molecule has 0 aliphatic carbocycles. The largest absolute Gasteiger partial charge is 0.305 e. The Labute approximate surface area is 93.3 Å². The summed E-state index contributed by atoms with van der Waals surface area (Å²) in [4.78, 5) is 2.12. The first-order chi connectivity index (χ1) is 6.97. The van der Waals surface area contributed by atoms with Crippen molar-refractivity contribution in [3.8, 4) is 0 Å². The van der Waals surface area contributed by atoms with Gasteiger partial charge >= 0.3 is 0 Å². The molecule has 0 aromatic rings. The van der Waals surface area contributed by atoms with Crippen LogP contribution < -0.4 is 0 Å². The summed E-state index contributed by atoms with van der Waals surface area (Å²) in [6.07, 6.45) is 2.78. The summed E-state index contributed by atoms with van der Waals surface area (Å²) in [5.74, 6) is 0.285. The second kappa shape index (κ2) is 5.27. The molecule has 0 amide bonds. The third-order valence-electron chi connectivity index (χ3n) is 2.95. The third kappa shape index (κ3) is 3.43. The van der Waals surface area contributed by atoms with Gasteiger partial charge in [-0.2, -0.15) is 0 Å². The lowest BCUT2D eigenvalue weighted by Crippen LogP contribution is -2.48. The first kappa shape index (κ1) is 12.9. The van der Waals surface area contributed by atoms with Crippen LogP contribution in [0.25, 0.3) is 0 Å². The van der Waals surface area contributed by atoms with E-state index in [9.17, 15) is 8.42 Å². The van der Waals surface area contributed by atoms with Crippen LogP contribution in [0.3, 0.4) is 0 Å². The van der Waals surface area contributed by atoms with Gasteiger partial charge in [-0.05, 0) is 33.4 Å². The minimum atomic E-state index is -2.99. The quantitative estimate of drug-likeness (QED) is 0.721. The highest BCUT2D eigenvalue weighted by Crippen LogP contribution is 2.17. The van der Waals surface area contributed by atoms with E-state index in [1.54, 1.807) is 4.31 Å². The van der Waals surface area contributed by atoms with Crippen molar-refractivity contribution < 1.29 is 8.42 Å². The minimum Gasteiger partial charge on any atom is -0.305 e. The predicted octanol–water partition coefficient (Wildman–Crippen LogP) is 0.752. The zero-order valence-corrected chi connectivity index (χ0v) is 10.8. The molecule has 1 heterocycles. The van der Waals surface area contributed by atoms with E-state index in [1.165, 1.54) is 0 Å². The zero-order valence-electron chi connectivity index (χ0n) is 9.94. The van der Waals surface area contributed by atoms with Crippen molar-refractivity contribution in [2.45, 2.75) is 32.2 Å². The molecule has 1 aliphatic rings. The second-order valence-corrected chi connectivity index (χ2v) is 6.52. The van der Waals surface area contributed by atoms with E-state index >= 15 is 0 Å². The summed E-state index contributed by atoms with van der Waals surface area (Å²) < 4.78 is 25.4. The highest BCUT2D eigenvalue weighted by atomic mass is 32.2. The first-order valence-corrected chi connectivity index (χ1v) is 7.22. The lowest BCUT2D eigenvalue weighted by Gasteiger charge is -2.35. The molecule has 90 valence electrons. The van der Waals surface area contributed by atoms with Crippen LogP contribution in [0.1, 0.15) is 26.2 Å². The maximum Gasteiger partial charge on any atom is 0.214 e. The van der Waals surface area contributed by atoms with Crippen molar-refractivity contribution in [1.29, 1.82) is 0 Å². The minimum absolute atomic E-state index is 0.285. The maximum absolute atomic E-state index is 11.9. The van der Waals surface area contributed by atoms with Crippen molar-refractivity contribution in [2.24, 2.45) is 0 Å². The van der Waals surface area contributed by atoms with Gasteiger partial charge in [0.25, 0.3) is 0 Å². The van der Waals surface area contributed by atoms with Crippen molar-refractivity contribution in [2.75, 3.05) is 32.9 Å². The number of hydrogen-bond donors (Lipinski definition) is 0. The van der Waals surface area contributed by atoms with Gasteiger partial charge in [0.15, 0.2) is 0 Å². The van der Waals surface area contributed by atoms with Crippen LogP contribution in [0.2, 0.25) is 0 Å². The molecule has 0 aromatic heterocycles. The van der Waals surface area contributed by atoms with Gasteiger partial charge in [0.2, 0.25) is 10.0 Å². The number of sulfonamides is 1. The van der Waals surface area contributed by atoms with Crippen LogP contribution in [-0.2, 0) is 10.0 Å². The van der Waals surface area contributed by atoms with Crippen LogP contribution in [-0.4, -0.2) is 56.6 Å². The Bertz CT molecular complexity index is 288. The van der Waals surface area contributed by atoms with Gasteiger partial charge in [0.05, 0.1) is 5.75 Å². The van der Waals surface area contributed by atoms with Crippen LogP contribution >= 0.6 is 0 Å². The average molecular weight is 234 g/mol. The van der Waals surface area contributed by atoms with Gasteiger partial charge in [0.1, 0.15) is 0 Å². The lowest BCUT2D eigenvalue weighted by molar-refractivity contribution is 0.190. The summed E-state index contributed by atoms with van der Waals surface area (Å²) in [5, 5.41) is 0. The Morgan fingerprint density at radius 1 is 1.40 bits per heavy atom. The van der Waals surface area contributed by atoms with Crippen molar-refractivity contribution >= 4 is 10.0 Å². The number of nitrogens with zero attached hydrogens (tertiary/aromatic N) is 2. The highest BCUT2D eigenvalue weighted by Gasteiger charge is 2.28. The molecule has 1 saturated heterocycles. The highest BCUT2D eigenvalue weighted by molar-refractivity contribution is 7.89. The van der Waals surface area contributed by atoms with Crippen molar-refractivity contribution in [3.63, 3.8) is 0 Å². The molecule has 0 aromatic carbocycles. The van der Waals surface area contributed by atoms with Crippen LogP contribution in [0.5, 0.6) is 0 Å². The zero-order chi connectivity index (χ0) is 11.5. The summed E-state index contributed by atoms with van der Waals surface area (Å²) in [7, 11) is 1.04. The van der Waals surface area contributed by atoms with Gasteiger partial charge in [0, 0.05) is 19.1 Å². The third-order valence-corrected chi connectivity index (χ3v) is 4.99. The number of likely N-dealkylation sites (N-methyl/N-ethyl adjacent to an activating group) is 1. The molecule has 0 radical (unpaired) electrons. The summed E-state index contributed by atoms with van der Waals surface area (Å²) >= 11 is 0. The molecule has 5 heteroatoms. The molecule has 1 fully saturated rings. The first-order valence-electron chi connectivity index (χ1n) is 5.61. The normalized spacial score (nSPS) is 24.7. The van der Waals surface area contributed by atoms with E-state index in [0.29, 0.717) is 25.6 Å². The number of hydrogen-bond acceptors (Lipinski definition) is 3. The molecule has 0 spiro atoms. The summed E-state index contributed by atoms with van der Waals surface area (Å²) in [6, 6.07) is 0.380. The molecule has 1 rings (SSSR count). The van der Waals surface area contributed by atoms with E-state index in [1.807, 2.05) is 21.0 Å². The Balaban J connectivity index is 2.63. The monoisotopic (exact) mass is 234 g/mol. The topological polar surface area (TPSA) is 40.6 Å². The average Bonchev–Trinajstić information content (AvgIpc) is 2.18. The molecule has 0 saturated carbocycles. The molecule has 1 aliphatic heterocycles. The Hall–Kier alpha value is -0.130.